The van der Waals surface area contributed by atoms with E-state index in [0.717, 1.165) is 0 Å². The number of carboxylic acid groups (broad SMARTS) is 1. The van der Waals surface area contributed by atoms with Crippen LogP contribution in [-0.4, -0.2) is 22.8 Å². The van der Waals surface area contributed by atoms with Gasteiger partial charge in [0.15, 0.2) is 0 Å². The maximum atomic E-state index is 12.4. The minimum atomic E-state index is -1.24. The van der Waals surface area contributed by atoms with Gasteiger partial charge in [0, 0.05) is 18.0 Å². The minimum absolute atomic E-state index is 0.232. The Bertz CT molecular complexity index is 1010. The second-order valence-corrected chi connectivity index (χ2v) is 5.63. The van der Waals surface area contributed by atoms with Crippen molar-refractivity contribution in [3.63, 3.8) is 0 Å². The first-order valence-electron chi connectivity index (χ1n) is 7.87. The molecular formula is C20H17NO5. The third-order valence-corrected chi connectivity index (χ3v) is 3.91. The molecule has 0 aliphatic rings. The highest BCUT2D eigenvalue weighted by molar-refractivity contribution is 5.88. The average molecular weight is 351 g/mol. The highest BCUT2D eigenvalue weighted by Crippen LogP contribution is 2.25. The summed E-state index contributed by atoms with van der Waals surface area (Å²) >= 11 is 0. The normalized spacial score (nSPS) is 10.4. The fraction of sp³-hybridized carbons (Fsp3) is 0.100. The maximum Gasteiger partial charge on any atom is 0.341 e. The monoisotopic (exact) mass is 351 g/mol. The number of rotatable bonds is 5. The quantitative estimate of drug-likeness (QED) is 0.759. The second-order valence-electron chi connectivity index (χ2n) is 5.63. The zero-order chi connectivity index (χ0) is 18.7. The molecule has 0 fully saturated rings. The zero-order valence-corrected chi connectivity index (χ0v) is 14.3. The molecule has 0 atom stereocenters. The molecule has 0 aliphatic carbocycles. The Balaban J connectivity index is 1.89. The van der Waals surface area contributed by atoms with Crippen LogP contribution in [0.1, 0.15) is 15.9 Å². The number of carboxylic acids is 1. The number of hydrogen-bond acceptors (Lipinski definition) is 4. The summed E-state index contributed by atoms with van der Waals surface area (Å²) < 4.78 is 12.2. The van der Waals surface area contributed by atoms with E-state index in [1.165, 1.54) is 4.57 Å². The van der Waals surface area contributed by atoms with Gasteiger partial charge in [-0.05, 0) is 55.0 Å². The summed E-state index contributed by atoms with van der Waals surface area (Å²) in [5, 5.41) is 9.23. The lowest BCUT2D eigenvalue weighted by Crippen LogP contribution is -2.25. The maximum absolute atomic E-state index is 12.4. The van der Waals surface area contributed by atoms with Crippen molar-refractivity contribution in [3.8, 4) is 22.9 Å². The number of nitrogens with zero attached hydrogens (tertiary/aromatic N) is 1. The van der Waals surface area contributed by atoms with Crippen LogP contribution in [0.25, 0.3) is 5.69 Å². The molecule has 0 saturated carbocycles. The van der Waals surface area contributed by atoms with Crippen molar-refractivity contribution in [2.24, 2.45) is 0 Å². The van der Waals surface area contributed by atoms with Crippen LogP contribution in [0.15, 0.2) is 65.6 Å². The molecule has 6 heteroatoms. The van der Waals surface area contributed by atoms with Crippen molar-refractivity contribution in [3.05, 3.63) is 82.3 Å². The van der Waals surface area contributed by atoms with Gasteiger partial charge in [0.05, 0.1) is 7.11 Å². The van der Waals surface area contributed by atoms with Crippen LogP contribution < -0.4 is 15.0 Å². The van der Waals surface area contributed by atoms with Crippen molar-refractivity contribution in [2.75, 3.05) is 7.11 Å². The van der Waals surface area contributed by atoms with Crippen LogP contribution in [0.4, 0.5) is 0 Å². The fourth-order valence-corrected chi connectivity index (χ4v) is 2.57. The third-order valence-electron chi connectivity index (χ3n) is 3.91. The number of hydrogen-bond donors (Lipinski definition) is 1. The topological polar surface area (TPSA) is 77.8 Å². The van der Waals surface area contributed by atoms with Crippen molar-refractivity contribution < 1.29 is 19.4 Å². The molecule has 6 nitrogen and oxygen atoms in total. The number of methoxy groups -OCH3 is 1. The van der Waals surface area contributed by atoms with Gasteiger partial charge in [0.25, 0.3) is 5.56 Å². The van der Waals surface area contributed by atoms with E-state index in [2.05, 4.69) is 0 Å². The number of pyridine rings is 1. The summed E-state index contributed by atoms with van der Waals surface area (Å²) in [6, 6.07) is 15.6. The Hall–Kier alpha value is -3.54. The van der Waals surface area contributed by atoms with Gasteiger partial charge in [-0.25, -0.2) is 4.79 Å². The van der Waals surface area contributed by atoms with Gasteiger partial charge in [0.2, 0.25) is 0 Å². The molecule has 0 saturated heterocycles. The third kappa shape index (κ3) is 3.44. The Kier molecular flexibility index (Phi) is 4.75. The molecule has 0 bridgehead atoms. The van der Waals surface area contributed by atoms with Crippen molar-refractivity contribution in [1.82, 2.24) is 4.57 Å². The van der Waals surface area contributed by atoms with Gasteiger partial charge in [-0.2, -0.15) is 0 Å². The van der Waals surface area contributed by atoms with Crippen LogP contribution in [0, 0.1) is 6.92 Å². The van der Waals surface area contributed by atoms with E-state index in [9.17, 15) is 14.7 Å². The molecule has 1 N–H and O–H groups in total. The molecule has 0 radical (unpaired) electrons. The molecule has 26 heavy (non-hydrogen) atoms. The Morgan fingerprint density at radius 2 is 1.69 bits per heavy atom. The van der Waals surface area contributed by atoms with Gasteiger partial charge >= 0.3 is 5.97 Å². The predicted molar refractivity (Wildman–Crippen MR) is 96.8 cm³/mol. The van der Waals surface area contributed by atoms with Crippen LogP contribution in [0.2, 0.25) is 0 Å². The first kappa shape index (κ1) is 17.3. The molecule has 0 aliphatic heterocycles. The standard InChI is InChI=1S/C20H17NO5/c1-13-10-11-21(19(22)18(13)20(23)24)14-6-8-15(9-7-14)26-17-5-3-4-16(12-17)25-2/h3-12H,1-2H3,(H,23,24). The zero-order valence-electron chi connectivity index (χ0n) is 14.3. The van der Waals surface area contributed by atoms with E-state index >= 15 is 0 Å². The van der Waals surface area contributed by atoms with Crippen molar-refractivity contribution in [2.45, 2.75) is 6.92 Å². The summed E-state index contributed by atoms with van der Waals surface area (Å²) in [6.45, 7) is 1.60. The fourth-order valence-electron chi connectivity index (χ4n) is 2.57. The second kappa shape index (κ2) is 7.14. The molecular weight excluding hydrogens is 334 g/mol. The van der Waals surface area contributed by atoms with E-state index in [4.69, 9.17) is 9.47 Å². The van der Waals surface area contributed by atoms with Crippen LogP contribution >= 0.6 is 0 Å². The molecule has 3 aromatic rings. The van der Waals surface area contributed by atoms with E-state index < -0.39 is 11.5 Å². The minimum Gasteiger partial charge on any atom is -0.497 e. The molecule has 0 amide bonds. The summed E-state index contributed by atoms with van der Waals surface area (Å²) in [4.78, 5) is 23.7. The van der Waals surface area contributed by atoms with Gasteiger partial charge in [0.1, 0.15) is 22.8 Å². The highest BCUT2D eigenvalue weighted by atomic mass is 16.5. The van der Waals surface area contributed by atoms with Crippen LogP contribution in [-0.2, 0) is 0 Å². The molecule has 3 rings (SSSR count). The largest absolute Gasteiger partial charge is 0.497 e. The van der Waals surface area contributed by atoms with E-state index in [1.807, 2.05) is 12.1 Å². The lowest BCUT2D eigenvalue weighted by molar-refractivity contribution is 0.0693. The van der Waals surface area contributed by atoms with Gasteiger partial charge < -0.3 is 14.6 Å². The summed E-state index contributed by atoms with van der Waals surface area (Å²) in [5.41, 5.74) is 0.176. The first-order valence-corrected chi connectivity index (χ1v) is 7.87. The predicted octanol–water partition coefficient (Wildman–Crippen LogP) is 3.65. The molecule has 2 aromatic carbocycles. The molecule has 1 heterocycles. The number of benzene rings is 2. The van der Waals surface area contributed by atoms with E-state index in [0.29, 0.717) is 28.5 Å². The smallest absolute Gasteiger partial charge is 0.341 e. The number of ether oxygens (including phenoxy) is 2. The van der Waals surface area contributed by atoms with Crippen molar-refractivity contribution in [1.29, 1.82) is 0 Å². The Morgan fingerprint density at radius 3 is 2.35 bits per heavy atom. The molecule has 0 unspecified atom stereocenters. The summed E-state index contributed by atoms with van der Waals surface area (Å²) in [7, 11) is 1.58. The van der Waals surface area contributed by atoms with E-state index in [1.54, 1.807) is 62.7 Å². The lowest BCUT2D eigenvalue weighted by atomic mass is 10.1. The van der Waals surface area contributed by atoms with Crippen molar-refractivity contribution >= 4 is 5.97 Å². The number of aromatic nitrogens is 1. The lowest BCUT2D eigenvalue weighted by Gasteiger charge is -2.10. The van der Waals surface area contributed by atoms with Crippen LogP contribution in [0.3, 0.4) is 0 Å². The Morgan fingerprint density at radius 1 is 1.00 bits per heavy atom. The van der Waals surface area contributed by atoms with Gasteiger partial charge in [-0.1, -0.05) is 6.07 Å². The van der Waals surface area contributed by atoms with Crippen LogP contribution in [0.5, 0.6) is 17.2 Å². The van der Waals surface area contributed by atoms with Gasteiger partial charge in [-0.15, -0.1) is 0 Å². The number of aromatic carboxylic acids is 1. The molecule has 132 valence electrons. The average Bonchev–Trinajstić information content (AvgIpc) is 2.63. The van der Waals surface area contributed by atoms with Gasteiger partial charge in [-0.3, -0.25) is 9.36 Å². The SMILES string of the molecule is COc1cccc(Oc2ccc(-n3ccc(C)c(C(=O)O)c3=O)cc2)c1. The number of aryl methyl sites for hydroxylation is 1. The van der Waals surface area contributed by atoms with E-state index in [-0.39, 0.29) is 5.56 Å². The number of carbonyl (C=O) groups is 1. The molecule has 0 spiro atoms. The summed E-state index contributed by atoms with van der Waals surface area (Å²) in [6.07, 6.45) is 1.56. The Labute approximate surface area is 149 Å². The molecule has 1 aromatic heterocycles. The highest BCUT2D eigenvalue weighted by Gasteiger charge is 2.15. The first-order chi connectivity index (χ1) is 12.5. The summed E-state index contributed by atoms with van der Waals surface area (Å²) in [5.74, 6) is 0.657.